The number of rotatable bonds is 2. The van der Waals surface area contributed by atoms with Crippen LogP contribution in [0.2, 0.25) is 0 Å². The molecule has 0 saturated heterocycles. The second kappa shape index (κ2) is 5.26. The highest BCUT2D eigenvalue weighted by Gasteiger charge is 2.10. The molecular formula is C12H5FN4S. The minimum atomic E-state index is -0.520. The van der Waals surface area contributed by atoms with Gasteiger partial charge in [-0.05, 0) is 18.2 Å². The number of aromatic nitrogens is 2. The van der Waals surface area contributed by atoms with Gasteiger partial charge in [0, 0.05) is 17.3 Å². The molecule has 0 saturated carbocycles. The first-order chi connectivity index (χ1) is 8.74. The largest absolute Gasteiger partial charge is 0.245 e. The quantitative estimate of drug-likeness (QED) is 0.825. The van der Waals surface area contributed by atoms with E-state index in [1.807, 2.05) is 12.1 Å². The van der Waals surface area contributed by atoms with Gasteiger partial charge in [-0.3, -0.25) is 0 Å². The lowest BCUT2D eigenvalue weighted by atomic mass is 10.2. The number of hydrogen-bond donors (Lipinski definition) is 0. The summed E-state index contributed by atoms with van der Waals surface area (Å²) in [5, 5.41) is 17.8. The first kappa shape index (κ1) is 12.0. The van der Waals surface area contributed by atoms with Crippen LogP contribution in [0.4, 0.5) is 4.39 Å². The molecule has 86 valence electrons. The summed E-state index contributed by atoms with van der Waals surface area (Å²) in [5.41, 5.74) is 0.391. The zero-order valence-electron chi connectivity index (χ0n) is 8.96. The second-order valence-electron chi connectivity index (χ2n) is 3.18. The highest BCUT2D eigenvalue weighted by Crippen LogP contribution is 2.29. The Balaban J connectivity index is 2.36. The van der Waals surface area contributed by atoms with Crippen LogP contribution in [0.1, 0.15) is 11.3 Å². The van der Waals surface area contributed by atoms with Crippen LogP contribution in [0.3, 0.4) is 0 Å². The molecule has 2 aromatic rings. The summed E-state index contributed by atoms with van der Waals surface area (Å²) in [7, 11) is 0. The van der Waals surface area contributed by atoms with Crippen LogP contribution in [0.15, 0.2) is 40.5 Å². The lowest BCUT2D eigenvalue weighted by Gasteiger charge is -2.03. The lowest BCUT2D eigenvalue weighted by Crippen LogP contribution is -1.91. The molecule has 0 bridgehead atoms. The third-order valence-electron chi connectivity index (χ3n) is 2.04. The van der Waals surface area contributed by atoms with Gasteiger partial charge in [0.1, 0.15) is 16.9 Å². The molecule has 0 atom stereocenters. The van der Waals surface area contributed by atoms with Gasteiger partial charge in [0.15, 0.2) is 5.69 Å². The van der Waals surface area contributed by atoms with Crippen molar-refractivity contribution in [2.75, 3.05) is 0 Å². The Bertz CT molecular complexity index is 673. The lowest BCUT2D eigenvalue weighted by molar-refractivity contribution is 0.601. The third kappa shape index (κ3) is 2.45. The monoisotopic (exact) mass is 256 g/mol. The Morgan fingerprint density at radius 3 is 2.56 bits per heavy atom. The second-order valence-corrected chi connectivity index (χ2v) is 4.21. The van der Waals surface area contributed by atoms with Crippen molar-refractivity contribution in [2.24, 2.45) is 0 Å². The van der Waals surface area contributed by atoms with Crippen LogP contribution in [-0.2, 0) is 0 Å². The van der Waals surface area contributed by atoms with E-state index < -0.39 is 5.82 Å². The van der Waals surface area contributed by atoms with Gasteiger partial charge in [-0.15, -0.1) is 0 Å². The zero-order chi connectivity index (χ0) is 13.0. The number of nitrogens with zero attached hydrogens (tertiary/aromatic N) is 4. The van der Waals surface area contributed by atoms with Crippen molar-refractivity contribution in [2.45, 2.75) is 9.92 Å². The van der Waals surface area contributed by atoms with Crippen LogP contribution >= 0.6 is 11.8 Å². The predicted octanol–water partition coefficient (Wildman–Crippen LogP) is 2.51. The van der Waals surface area contributed by atoms with E-state index in [0.29, 0.717) is 9.92 Å². The molecule has 0 N–H and O–H groups in total. The summed E-state index contributed by atoms with van der Waals surface area (Å²) in [5.74, 6) is -0.520. The molecule has 1 aromatic carbocycles. The number of halogens is 1. The Kier molecular flexibility index (Phi) is 3.52. The minimum Gasteiger partial charge on any atom is -0.245 e. The topological polar surface area (TPSA) is 73.4 Å². The van der Waals surface area contributed by atoms with Crippen molar-refractivity contribution in [1.82, 2.24) is 9.97 Å². The molecule has 0 aliphatic heterocycles. The van der Waals surface area contributed by atoms with Crippen molar-refractivity contribution in [3.8, 4) is 12.1 Å². The van der Waals surface area contributed by atoms with Gasteiger partial charge in [-0.25, -0.2) is 14.4 Å². The summed E-state index contributed by atoms with van der Waals surface area (Å²) in [4.78, 5) is 8.11. The number of nitriles is 2. The predicted molar refractivity (Wildman–Crippen MR) is 62.0 cm³/mol. The summed E-state index contributed by atoms with van der Waals surface area (Å²) in [6.45, 7) is 0. The molecule has 1 aromatic heterocycles. The molecule has 0 amide bonds. The maximum Gasteiger partial charge on any atom is 0.173 e. The van der Waals surface area contributed by atoms with Gasteiger partial charge in [0.25, 0.3) is 0 Å². The van der Waals surface area contributed by atoms with E-state index in [2.05, 4.69) is 9.97 Å². The Hall–Kier alpha value is -2.44. The van der Waals surface area contributed by atoms with Gasteiger partial charge in [0.2, 0.25) is 0 Å². The van der Waals surface area contributed by atoms with Crippen molar-refractivity contribution in [3.63, 3.8) is 0 Å². The van der Waals surface area contributed by atoms with Gasteiger partial charge in [-0.1, -0.05) is 11.8 Å². The molecule has 0 aliphatic carbocycles. The van der Waals surface area contributed by atoms with Crippen molar-refractivity contribution in [3.05, 3.63) is 47.7 Å². The average Bonchev–Trinajstić information content (AvgIpc) is 2.41. The molecule has 0 aliphatic rings. The third-order valence-corrected chi connectivity index (χ3v) is 3.08. The van der Waals surface area contributed by atoms with Crippen molar-refractivity contribution >= 4 is 11.8 Å². The minimum absolute atomic E-state index is 0.145. The Labute approximate surface area is 107 Å². The highest BCUT2D eigenvalue weighted by atomic mass is 32.2. The highest BCUT2D eigenvalue weighted by molar-refractivity contribution is 7.99. The smallest absolute Gasteiger partial charge is 0.173 e. The average molecular weight is 256 g/mol. The van der Waals surface area contributed by atoms with Crippen LogP contribution < -0.4 is 0 Å². The molecule has 18 heavy (non-hydrogen) atoms. The fourth-order valence-electron chi connectivity index (χ4n) is 1.23. The maximum atomic E-state index is 13.7. The van der Waals surface area contributed by atoms with E-state index in [0.717, 1.165) is 17.8 Å². The van der Waals surface area contributed by atoms with E-state index in [-0.39, 0.29) is 11.3 Å². The van der Waals surface area contributed by atoms with E-state index in [4.69, 9.17) is 10.5 Å². The van der Waals surface area contributed by atoms with E-state index in [1.165, 1.54) is 24.5 Å². The fourth-order valence-corrected chi connectivity index (χ4v) is 2.04. The molecule has 4 nitrogen and oxygen atoms in total. The van der Waals surface area contributed by atoms with Gasteiger partial charge in [-0.2, -0.15) is 10.5 Å². The van der Waals surface area contributed by atoms with Gasteiger partial charge in [0.05, 0.1) is 11.6 Å². The molecule has 0 unspecified atom stereocenters. The van der Waals surface area contributed by atoms with E-state index in [1.54, 1.807) is 0 Å². The first-order valence-electron chi connectivity index (χ1n) is 4.83. The Morgan fingerprint density at radius 2 is 1.89 bits per heavy atom. The van der Waals surface area contributed by atoms with Crippen LogP contribution in [-0.4, -0.2) is 9.97 Å². The molecule has 1 heterocycles. The molecule has 0 spiro atoms. The Morgan fingerprint density at radius 1 is 1.11 bits per heavy atom. The number of benzene rings is 1. The van der Waals surface area contributed by atoms with Crippen LogP contribution in [0, 0.1) is 28.5 Å². The molecule has 0 radical (unpaired) electrons. The molecule has 2 rings (SSSR count). The van der Waals surface area contributed by atoms with Crippen molar-refractivity contribution < 1.29 is 4.39 Å². The van der Waals surface area contributed by atoms with Gasteiger partial charge >= 0.3 is 0 Å². The molecular weight excluding hydrogens is 251 g/mol. The normalized spacial score (nSPS) is 9.50. The molecule has 0 fully saturated rings. The first-order valence-corrected chi connectivity index (χ1v) is 5.65. The summed E-state index contributed by atoms with van der Waals surface area (Å²) < 4.78 is 13.7. The zero-order valence-corrected chi connectivity index (χ0v) is 9.78. The van der Waals surface area contributed by atoms with Crippen LogP contribution in [0.25, 0.3) is 0 Å². The summed E-state index contributed by atoms with van der Waals surface area (Å²) in [6.07, 6.45) is 2.84. The summed E-state index contributed by atoms with van der Waals surface area (Å²) in [6, 6.07) is 7.87. The summed E-state index contributed by atoms with van der Waals surface area (Å²) >= 11 is 1.00. The SMILES string of the molecule is N#Cc1ccc(Sc2nccnc2C#N)c(F)c1. The van der Waals surface area contributed by atoms with Crippen LogP contribution in [0.5, 0.6) is 0 Å². The standard InChI is InChI=1S/C12H5FN4S/c13-9-5-8(6-14)1-2-11(9)18-12-10(7-15)16-3-4-17-12/h1-5H. The van der Waals surface area contributed by atoms with Crippen molar-refractivity contribution in [1.29, 1.82) is 10.5 Å². The molecule has 6 heteroatoms. The van der Waals surface area contributed by atoms with Gasteiger partial charge < -0.3 is 0 Å². The number of hydrogen-bond acceptors (Lipinski definition) is 5. The fraction of sp³-hybridized carbons (Fsp3) is 0. The maximum absolute atomic E-state index is 13.7. The van der Waals surface area contributed by atoms with E-state index in [9.17, 15) is 4.39 Å². The van der Waals surface area contributed by atoms with E-state index >= 15 is 0 Å².